The van der Waals surface area contributed by atoms with Gasteiger partial charge in [0.1, 0.15) is 12.1 Å². The van der Waals surface area contributed by atoms with Crippen LogP contribution in [0.5, 0.6) is 0 Å². The Hall–Kier alpha value is -2.77. The first kappa shape index (κ1) is 14.6. The molecule has 0 unspecified atom stereocenters. The van der Waals surface area contributed by atoms with Gasteiger partial charge in [-0.3, -0.25) is 10.1 Å². The molecule has 0 aliphatic carbocycles. The molecule has 110 valence electrons. The summed E-state index contributed by atoms with van der Waals surface area (Å²) in [5, 5.41) is 14.0. The lowest BCUT2D eigenvalue weighted by Crippen LogP contribution is -2.19. The molecule has 0 aliphatic heterocycles. The number of anilines is 3. The van der Waals surface area contributed by atoms with Crippen LogP contribution in [0.2, 0.25) is 0 Å². The number of aromatic nitrogens is 2. The maximum Gasteiger partial charge on any atom is 0.353 e. The van der Waals surface area contributed by atoms with Crippen molar-refractivity contribution in [3.63, 3.8) is 0 Å². The first-order chi connectivity index (χ1) is 10.1. The lowest BCUT2D eigenvalue weighted by atomic mass is 10.2. The number of halogens is 1. The van der Waals surface area contributed by atoms with E-state index in [1.54, 1.807) is 24.1 Å². The molecule has 0 radical (unpaired) electrons. The van der Waals surface area contributed by atoms with Gasteiger partial charge in [-0.25, -0.2) is 14.4 Å². The Labute approximate surface area is 120 Å². The minimum absolute atomic E-state index is 0.130. The zero-order valence-electron chi connectivity index (χ0n) is 11.6. The molecular weight excluding hydrogens is 277 g/mol. The molecule has 8 heteroatoms. The van der Waals surface area contributed by atoms with Crippen LogP contribution in [0.15, 0.2) is 30.6 Å². The van der Waals surface area contributed by atoms with Crippen LogP contribution >= 0.6 is 0 Å². The second kappa shape index (κ2) is 6.12. The largest absolute Gasteiger partial charge is 0.367 e. The highest BCUT2D eigenvalue weighted by Crippen LogP contribution is 2.35. The molecule has 1 heterocycles. The van der Waals surface area contributed by atoms with E-state index in [4.69, 9.17) is 0 Å². The van der Waals surface area contributed by atoms with E-state index in [-0.39, 0.29) is 23.1 Å². The maximum atomic E-state index is 13.0. The molecule has 0 saturated carbocycles. The van der Waals surface area contributed by atoms with Crippen molar-refractivity contribution in [1.29, 1.82) is 0 Å². The van der Waals surface area contributed by atoms with Gasteiger partial charge in [0.2, 0.25) is 11.6 Å². The molecule has 21 heavy (non-hydrogen) atoms. The van der Waals surface area contributed by atoms with Crippen molar-refractivity contribution in [2.45, 2.75) is 6.92 Å². The van der Waals surface area contributed by atoms with Crippen molar-refractivity contribution in [3.05, 3.63) is 46.5 Å². The number of nitro groups is 1. The van der Waals surface area contributed by atoms with Gasteiger partial charge in [0.25, 0.3) is 0 Å². The predicted molar refractivity (Wildman–Crippen MR) is 77.3 cm³/mol. The van der Waals surface area contributed by atoms with Gasteiger partial charge in [-0.15, -0.1) is 0 Å². The van der Waals surface area contributed by atoms with Crippen molar-refractivity contribution >= 4 is 23.0 Å². The summed E-state index contributed by atoms with van der Waals surface area (Å²) >= 11 is 0. The van der Waals surface area contributed by atoms with E-state index < -0.39 is 4.92 Å². The minimum atomic E-state index is -0.534. The predicted octanol–water partition coefficient (Wildman–Crippen LogP) is 2.72. The van der Waals surface area contributed by atoms with Gasteiger partial charge in [0.15, 0.2) is 0 Å². The Kier molecular flexibility index (Phi) is 4.27. The van der Waals surface area contributed by atoms with E-state index in [0.717, 1.165) is 0 Å². The highest BCUT2D eigenvalue weighted by molar-refractivity contribution is 5.75. The Balaban J connectivity index is 2.57. The van der Waals surface area contributed by atoms with Crippen molar-refractivity contribution in [3.8, 4) is 0 Å². The summed E-state index contributed by atoms with van der Waals surface area (Å²) in [5.74, 6) is -0.0816. The molecule has 2 aromatic rings. The highest BCUT2D eigenvalue weighted by Gasteiger charge is 2.26. The second-order valence-electron chi connectivity index (χ2n) is 4.12. The Morgan fingerprint density at radius 2 is 2.00 bits per heavy atom. The highest BCUT2D eigenvalue weighted by atomic mass is 19.1. The van der Waals surface area contributed by atoms with E-state index in [0.29, 0.717) is 12.2 Å². The maximum absolute atomic E-state index is 13.0. The van der Waals surface area contributed by atoms with Gasteiger partial charge in [0.05, 0.1) is 4.92 Å². The summed E-state index contributed by atoms with van der Waals surface area (Å²) in [4.78, 5) is 20.3. The molecule has 2 rings (SSSR count). The van der Waals surface area contributed by atoms with Gasteiger partial charge < -0.3 is 10.2 Å². The number of hydrogen-bond acceptors (Lipinski definition) is 6. The summed E-state index contributed by atoms with van der Waals surface area (Å²) in [5.41, 5.74) is 0.397. The lowest BCUT2D eigenvalue weighted by molar-refractivity contribution is -0.383. The average molecular weight is 291 g/mol. The average Bonchev–Trinajstić information content (AvgIpc) is 2.49. The van der Waals surface area contributed by atoms with Crippen molar-refractivity contribution in [2.75, 3.05) is 23.8 Å². The number of rotatable bonds is 5. The van der Waals surface area contributed by atoms with E-state index in [1.165, 1.54) is 18.5 Å². The zero-order chi connectivity index (χ0) is 15.4. The van der Waals surface area contributed by atoms with Gasteiger partial charge in [-0.1, -0.05) is 0 Å². The first-order valence-electron chi connectivity index (χ1n) is 6.28. The summed E-state index contributed by atoms with van der Waals surface area (Å²) in [6.45, 7) is 2.26. The van der Waals surface area contributed by atoms with Gasteiger partial charge in [0, 0.05) is 19.3 Å². The van der Waals surface area contributed by atoms with E-state index in [2.05, 4.69) is 15.3 Å². The van der Waals surface area contributed by atoms with Gasteiger partial charge >= 0.3 is 5.69 Å². The van der Waals surface area contributed by atoms with Gasteiger partial charge in [-0.2, -0.15) is 0 Å². The fourth-order valence-electron chi connectivity index (χ4n) is 1.99. The van der Waals surface area contributed by atoms with Crippen molar-refractivity contribution in [1.82, 2.24) is 9.97 Å². The number of hydrogen-bond donors (Lipinski definition) is 1. The Morgan fingerprint density at radius 3 is 2.52 bits per heavy atom. The minimum Gasteiger partial charge on any atom is -0.367 e. The third-order valence-corrected chi connectivity index (χ3v) is 2.93. The number of nitrogens with zero attached hydrogens (tertiary/aromatic N) is 4. The SMILES string of the molecule is CCN(c1ccc(F)cc1)c1ncnc(NC)c1[N+](=O)[O-]. The molecule has 0 spiro atoms. The lowest BCUT2D eigenvalue weighted by Gasteiger charge is -2.22. The molecule has 7 nitrogen and oxygen atoms in total. The van der Waals surface area contributed by atoms with E-state index in [1.807, 2.05) is 6.92 Å². The number of nitrogens with one attached hydrogen (secondary N) is 1. The van der Waals surface area contributed by atoms with Crippen LogP contribution in [0, 0.1) is 15.9 Å². The third-order valence-electron chi connectivity index (χ3n) is 2.93. The van der Waals surface area contributed by atoms with Crippen molar-refractivity contribution < 1.29 is 9.31 Å². The molecule has 0 atom stereocenters. The molecule has 0 bridgehead atoms. The molecule has 0 fully saturated rings. The third kappa shape index (κ3) is 2.88. The quantitative estimate of drug-likeness (QED) is 0.673. The topological polar surface area (TPSA) is 84.2 Å². The van der Waals surface area contributed by atoms with Crippen LogP contribution in [0.3, 0.4) is 0 Å². The van der Waals surface area contributed by atoms with Crippen LogP contribution in [0.4, 0.5) is 27.4 Å². The normalized spacial score (nSPS) is 10.2. The fraction of sp³-hybridized carbons (Fsp3) is 0.231. The van der Waals surface area contributed by atoms with Crippen LogP contribution in [0.25, 0.3) is 0 Å². The summed E-state index contributed by atoms with van der Waals surface area (Å²) < 4.78 is 13.0. The molecule has 1 N–H and O–H groups in total. The molecule has 1 aromatic heterocycles. The molecular formula is C13H14FN5O2. The Morgan fingerprint density at radius 1 is 1.33 bits per heavy atom. The first-order valence-corrected chi connectivity index (χ1v) is 6.28. The summed E-state index contributed by atoms with van der Waals surface area (Å²) in [6.07, 6.45) is 1.25. The molecule has 0 aliphatic rings. The van der Waals surface area contributed by atoms with Gasteiger partial charge in [-0.05, 0) is 31.2 Å². The zero-order valence-corrected chi connectivity index (χ0v) is 11.6. The molecule has 1 aromatic carbocycles. The number of benzene rings is 1. The second-order valence-corrected chi connectivity index (χ2v) is 4.12. The van der Waals surface area contributed by atoms with Crippen LogP contribution in [-0.4, -0.2) is 28.5 Å². The van der Waals surface area contributed by atoms with Crippen LogP contribution in [-0.2, 0) is 0 Å². The standard InChI is InChI=1S/C13H14FN5O2/c1-3-18(10-6-4-9(14)5-7-10)13-11(19(20)21)12(15-2)16-8-17-13/h4-8H,3H2,1-2H3,(H,15,16,17). The molecule has 0 saturated heterocycles. The van der Waals surface area contributed by atoms with E-state index >= 15 is 0 Å². The monoisotopic (exact) mass is 291 g/mol. The smallest absolute Gasteiger partial charge is 0.353 e. The Bertz CT molecular complexity index is 648. The van der Waals surface area contributed by atoms with Crippen LogP contribution < -0.4 is 10.2 Å². The van der Waals surface area contributed by atoms with Crippen LogP contribution in [0.1, 0.15) is 6.92 Å². The summed E-state index contributed by atoms with van der Waals surface area (Å²) in [6, 6.07) is 5.68. The molecule has 0 amide bonds. The summed E-state index contributed by atoms with van der Waals surface area (Å²) in [7, 11) is 1.55. The van der Waals surface area contributed by atoms with E-state index in [9.17, 15) is 14.5 Å². The van der Waals surface area contributed by atoms with Crippen molar-refractivity contribution in [2.24, 2.45) is 0 Å². The fourth-order valence-corrected chi connectivity index (χ4v) is 1.99.